The number of nitrogens with zero attached hydrogens (tertiary/aromatic N) is 1. The molecular weight excluding hydrogens is 298 g/mol. The van der Waals surface area contributed by atoms with Gasteiger partial charge in [-0.2, -0.15) is 0 Å². The van der Waals surface area contributed by atoms with Crippen molar-refractivity contribution in [1.29, 1.82) is 0 Å². The zero-order valence-corrected chi connectivity index (χ0v) is 14.9. The van der Waals surface area contributed by atoms with E-state index in [0.717, 1.165) is 64.4 Å². The first-order valence-electron chi connectivity index (χ1n) is 9.00. The highest BCUT2D eigenvalue weighted by atomic mass is 35.5. The Kier molecular flexibility index (Phi) is 10.1. The molecular formula is C17H34ClN3O. The van der Waals surface area contributed by atoms with Gasteiger partial charge in [-0.3, -0.25) is 4.79 Å². The van der Waals surface area contributed by atoms with Gasteiger partial charge in [0.2, 0.25) is 5.91 Å². The van der Waals surface area contributed by atoms with Crippen molar-refractivity contribution in [3.8, 4) is 0 Å². The van der Waals surface area contributed by atoms with Crippen molar-refractivity contribution in [3.63, 3.8) is 0 Å². The van der Waals surface area contributed by atoms with Crippen molar-refractivity contribution in [2.45, 2.75) is 51.9 Å². The van der Waals surface area contributed by atoms with Crippen LogP contribution in [-0.4, -0.2) is 50.1 Å². The molecule has 0 aromatic heterocycles. The molecule has 1 atom stereocenters. The van der Waals surface area contributed by atoms with E-state index in [4.69, 9.17) is 0 Å². The van der Waals surface area contributed by atoms with E-state index in [-0.39, 0.29) is 18.3 Å². The molecule has 0 spiro atoms. The molecule has 1 aliphatic heterocycles. The number of rotatable bonds is 8. The summed E-state index contributed by atoms with van der Waals surface area (Å²) in [6.07, 6.45) is 8.59. The third kappa shape index (κ3) is 6.84. The van der Waals surface area contributed by atoms with Crippen molar-refractivity contribution in [3.05, 3.63) is 0 Å². The van der Waals surface area contributed by atoms with E-state index >= 15 is 0 Å². The van der Waals surface area contributed by atoms with E-state index in [9.17, 15) is 4.79 Å². The fraction of sp³-hybridized carbons (Fsp3) is 0.941. The summed E-state index contributed by atoms with van der Waals surface area (Å²) >= 11 is 0. The highest BCUT2D eigenvalue weighted by Gasteiger charge is 2.23. The molecule has 130 valence electrons. The molecule has 0 aromatic carbocycles. The van der Waals surface area contributed by atoms with Gasteiger partial charge in [0, 0.05) is 38.6 Å². The maximum Gasteiger partial charge on any atom is 0.223 e. The molecule has 2 fully saturated rings. The van der Waals surface area contributed by atoms with Crippen molar-refractivity contribution in [1.82, 2.24) is 15.5 Å². The Hall–Kier alpha value is -0.320. The molecule has 1 saturated heterocycles. The average molecular weight is 332 g/mol. The van der Waals surface area contributed by atoms with Crippen molar-refractivity contribution in [2.24, 2.45) is 11.8 Å². The lowest BCUT2D eigenvalue weighted by atomic mass is 9.91. The highest BCUT2D eigenvalue weighted by Crippen LogP contribution is 2.31. The van der Waals surface area contributed by atoms with Gasteiger partial charge in [-0.1, -0.05) is 32.6 Å². The Morgan fingerprint density at radius 1 is 1.27 bits per heavy atom. The number of hydrogen-bond acceptors (Lipinski definition) is 3. The number of hydrogen-bond donors (Lipinski definition) is 2. The summed E-state index contributed by atoms with van der Waals surface area (Å²) in [6.45, 7) is 8.60. The minimum absolute atomic E-state index is 0. The monoisotopic (exact) mass is 331 g/mol. The van der Waals surface area contributed by atoms with Crippen LogP contribution in [0.15, 0.2) is 0 Å². The number of carbonyl (C=O) groups is 1. The van der Waals surface area contributed by atoms with Gasteiger partial charge in [-0.15, -0.1) is 12.4 Å². The first-order chi connectivity index (χ1) is 10.3. The first kappa shape index (κ1) is 19.7. The fourth-order valence-electron chi connectivity index (χ4n) is 3.70. The molecule has 2 rings (SSSR count). The standard InChI is InChI=1S/C17H33N3O.ClH/c1-2-16(14-15-6-3-4-7-15)17(21)19-8-5-11-20-12-9-18-10-13-20;/h15-16,18H,2-14H2,1H3,(H,19,21);1H. The van der Waals surface area contributed by atoms with Gasteiger partial charge < -0.3 is 15.5 Å². The summed E-state index contributed by atoms with van der Waals surface area (Å²) in [5.41, 5.74) is 0. The number of nitrogens with one attached hydrogen (secondary N) is 2. The second-order valence-corrected chi connectivity index (χ2v) is 6.73. The zero-order chi connectivity index (χ0) is 14.9. The second kappa shape index (κ2) is 11.3. The lowest BCUT2D eigenvalue weighted by Gasteiger charge is -2.27. The fourth-order valence-corrected chi connectivity index (χ4v) is 3.70. The first-order valence-corrected chi connectivity index (χ1v) is 9.00. The molecule has 1 aliphatic carbocycles. The molecule has 1 amide bonds. The lowest BCUT2D eigenvalue weighted by Crippen LogP contribution is -2.44. The predicted octanol–water partition coefficient (Wildman–Crippen LogP) is 2.43. The quantitative estimate of drug-likeness (QED) is 0.671. The molecule has 1 heterocycles. The SMILES string of the molecule is CCC(CC1CCCC1)C(=O)NCCCN1CCNCC1.Cl. The second-order valence-electron chi connectivity index (χ2n) is 6.73. The van der Waals surface area contributed by atoms with Crippen LogP contribution >= 0.6 is 12.4 Å². The molecule has 22 heavy (non-hydrogen) atoms. The number of carbonyl (C=O) groups excluding carboxylic acids is 1. The summed E-state index contributed by atoms with van der Waals surface area (Å²) in [7, 11) is 0. The molecule has 0 bridgehead atoms. The van der Waals surface area contributed by atoms with E-state index in [1.807, 2.05) is 0 Å². The van der Waals surface area contributed by atoms with Crippen LogP contribution in [0.2, 0.25) is 0 Å². The van der Waals surface area contributed by atoms with Crippen LogP contribution in [0.3, 0.4) is 0 Å². The molecule has 1 unspecified atom stereocenters. The Balaban J connectivity index is 0.00000242. The minimum atomic E-state index is 0. The summed E-state index contributed by atoms with van der Waals surface area (Å²) in [5.74, 6) is 1.35. The molecule has 0 radical (unpaired) electrons. The molecule has 4 nitrogen and oxygen atoms in total. The van der Waals surface area contributed by atoms with Crippen LogP contribution in [0.5, 0.6) is 0 Å². The number of piperazine rings is 1. The van der Waals surface area contributed by atoms with E-state index in [0.29, 0.717) is 5.91 Å². The van der Waals surface area contributed by atoms with Crippen LogP contribution in [-0.2, 0) is 4.79 Å². The number of halogens is 1. The summed E-state index contributed by atoms with van der Waals surface area (Å²) < 4.78 is 0. The Morgan fingerprint density at radius 3 is 2.59 bits per heavy atom. The van der Waals surface area contributed by atoms with Gasteiger partial charge in [0.15, 0.2) is 0 Å². The van der Waals surface area contributed by atoms with Crippen molar-refractivity contribution < 1.29 is 4.79 Å². The van der Waals surface area contributed by atoms with Crippen LogP contribution < -0.4 is 10.6 Å². The van der Waals surface area contributed by atoms with Gasteiger partial charge in [0.05, 0.1) is 0 Å². The number of amides is 1. The van der Waals surface area contributed by atoms with Crippen molar-refractivity contribution in [2.75, 3.05) is 39.3 Å². The smallest absolute Gasteiger partial charge is 0.223 e. The van der Waals surface area contributed by atoms with Gasteiger partial charge >= 0.3 is 0 Å². The summed E-state index contributed by atoms with van der Waals surface area (Å²) in [4.78, 5) is 14.8. The maximum absolute atomic E-state index is 12.3. The summed E-state index contributed by atoms with van der Waals surface area (Å²) in [6, 6.07) is 0. The molecule has 2 N–H and O–H groups in total. The van der Waals surface area contributed by atoms with Crippen LogP contribution in [0.1, 0.15) is 51.9 Å². The van der Waals surface area contributed by atoms with Gasteiger partial charge in [-0.05, 0) is 31.7 Å². The van der Waals surface area contributed by atoms with E-state index in [2.05, 4.69) is 22.5 Å². The van der Waals surface area contributed by atoms with E-state index in [1.54, 1.807) is 0 Å². The van der Waals surface area contributed by atoms with E-state index < -0.39 is 0 Å². The largest absolute Gasteiger partial charge is 0.356 e. The molecule has 1 saturated carbocycles. The van der Waals surface area contributed by atoms with Gasteiger partial charge in [0.1, 0.15) is 0 Å². The lowest BCUT2D eigenvalue weighted by molar-refractivity contribution is -0.125. The van der Waals surface area contributed by atoms with Crippen LogP contribution in [0, 0.1) is 11.8 Å². The predicted molar refractivity (Wildman–Crippen MR) is 94.5 cm³/mol. The Bertz CT molecular complexity index is 302. The third-order valence-corrected chi connectivity index (χ3v) is 5.12. The Labute approximate surface area is 142 Å². The topological polar surface area (TPSA) is 44.4 Å². The highest BCUT2D eigenvalue weighted by molar-refractivity contribution is 5.85. The van der Waals surface area contributed by atoms with Crippen LogP contribution in [0.4, 0.5) is 0 Å². The molecule has 2 aliphatic rings. The van der Waals surface area contributed by atoms with Gasteiger partial charge in [-0.25, -0.2) is 0 Å². The maximum atomic E-state index is 12.3. The zero-order valence-electron chi connectivity index (χ0n) is 14.1. The minimum Gasteiger partial charge on any atom is -0.356 e. The normalized spacial score (nSPS) is 21.3. The average Bonchev–Trinajstić information content (AvgIpc) is 3.03. The summed E-state index contributed by atoms with van der Waals surface area (Å²) in [5, 5.41) is 6.53. The Morgan fingerprint density at radius 2 is 1.95 bits per heavy atom. The molecule has 0 aromatic rings. The molecule has 5 heteroatoms. The van der Waals surface area contributed by atoms with Crippen LogP contribution in [0.25, 0.3) is 0 Å². The van der Waals surface area contributed by atoms with Gasteiger partial charge in [0.25, 0.3) is 0 Å². The van der Waals surface area contributed by atoms with E-state index in [1.165, 1.54) is 25.7 Å². The third-order valence-electron chi connectivity index (χ3n) is 5.12. The van der Waals surface area contributed by atoms with Crippen molar-refractivity contribution >= 4 is 18.3 Å².